The molecule has 0 atom stereocenters. The number of halogens is 4. The summed E-state index contributed by atoms with van der Waals surface area (Å²) in [6.45, 7) is 0.252. The lowest BCUT2D eigenvalue weighted by atomic mass is 10.1. The van der Waals surface area contributed by atoms with Gasteiger partial charge in [-0.1, -0.05) is 41.9 Å². The fourth-order valence-electron chi connectivity index (χ4n) is 2.36. The molecule has 0 fully saturated rings. The Morgan fingerprint density at radius 2 is 1.71 bits per heavy atom. The van der Waals surface area contributed by atoms with Crippen LogP contribution in [0.1, 0.15) is 11.1 Å². The minimum atomic E-state index is -4.39. The van der Waals surface area contributed by atoms with Crippen molar-refractivity contribution in [1.82, 2.24) is 9.55 Å². The summed E-state index contributed by atoms with van der Waals surface area (Å²) in [5, 5.41) is 10.2. The van der Waals surface area contributed by atoms with Crippen molar-refractivity contribution < 1.29 is 18.3 Å². The van der Waals surface area contributed by atoms with Gasteiger partial charge >= 0.3 is 6.18 Å². The van der Waals surface area contributed by atoms with E-state index in [1.165, 1.54) is 18.3 Å². The number of hydrogen-bond acceptors (Lipinski definition) is 2. The molecule has 0 bridgehead atoms. The Morgan fingerprint density at radius 1 is 1.04 bits per heavy atom. The van der Waals surface area contributed by atoms with Gasteiger partial charge in [0.25, 0.3) is 0 Å². The van der Waals surface area contributed by atoms with Crippen LogP contribution in [-0.4, -0.2) is 14.7 Å². The van der Waals surface area contributed by atoms with Gasteiger partial charge in [0.15, 0.2) is 0 Å². The number of phenolic OH excluding ortho intramolecular Hbond substituents is 1. The summed E-state index contributed by atoms with van der Waals surface area (Å²) < 4.78 is 39.6. The first-order valence-corrected chi connectivity index (χ1v) is 7.39. The van der Waals surface area contributed by atoms with Crippen molar-refractivity contribution in [3.63, 3.8) is 0 Å². The van der Waals surface area contributed by atoms with Crippen molar-refractivity contribution in [2.45, 2.75) is 12.7 Å². The Morgan fingerprint density at radius 3 is 2.33 bits per heavy atom. The molecular weight excluding hydrogens is 341 g/mol. The van der Waals surface area contributed by atoms with Crippen molar-refractivity contribution in [1.29, 1.82) is 0 Å². The van der Waals surface area contributed by atoms with Gasteiger partial charge in [-0.15, -0.1) is 0 Å². The van der Waals surface area contributed by atoms with Gasteiger partial charge in [-0.2, -0.15) is 13.2 Å². The predicted octanol–water partition coefficient (Wildman–Crippen LogP) is 4.98. The molecule has 2 aromatic carbocycles. The van der Waals surface area contributed by atoms with Crippen LogP contribution in [0.15, 0.2) is 54.7 Å². The summed E-state index contributed by atoms with van der Waals surface area (Å²) >= 11 is 6.14. The highest BCUT2D eigenvalue weighted by atomic mass is 35.5. The molecule has 3 nitrogen and oxygen atoms in total. The van der Waals surface area contributed by atoms with E-state index in [0.29, 0.717) is 22.1 Å². The number of aromatic hydroxyl groups is 1. The van der Waals surface area contributed by atoms with Crippen LogP contribution in [0.5, 0.6) is 5.75 Å². The lowest BCUT2D eigenvalue weighted by molar-refractivity contribution is -0.137. The second-order valence-corrected chi connectivity index (χ2v) is 5.58. The van der Waals surface area contributed by atoms with E-state index in [1.54, 1.807) is 28.8 Å². The molecule has 0 unspecified atom stereocenters. The highest BCUT2D eigenvalue weighted by Crippen LogP contribution is 2.32. The van der Waals surface area contributed by atoms with Crippen LogP contribution in [-0.2, 0) is 12.7 Å². The zero-order valence-electron chi connectivity index (χ0n) is 12.3. The molecule has 0 saturated heterocycles. The smallest absolute Gasteiger partial charge is 0.416 e. The first kappa shape index (κ1) is 16.4. The van der Waals surface area contributed by atoms with E-state index in [0.717, 1.165) is 12.1 Å². The Bertz CT molecular complexity index is 857. The largest absolute Gasteiger partial charge is 0.508 e. The number of rotatable bonds is 3. The van der Waals surface area contributed by atoms with E-state index < -0.39 is 11.7 Å². The maximum atomic E-state index is 12.7. The van der Waals surface area contributed by atoms with Gasteiger partial charge in [-0.05, 0) is 18.2 Å². The molecule has 0 aliphatic rings. The topological polar surface area (TPSA) is 38.0 Å². The molecule has 0 radical (unpaired) electrons. The predicted molar refractivity (Wildman–Crippen MR) is 84.9 cm³/mol. The molecule has 0 amide bonds. The third kappa shape index (κ3) is 3.23. The van der Waals surface area contributed by atoms with Crippen molar-refractivity contribution in [2.24, 2.45) is 0 Å². The number of alkyl halides is 3. The Balaban J connectivity index is 1.97. The van der Waals surface area contributed by atoms with Crippen molar-refractivity contribution >= 4 is 11.6 Å². The van der Waals surface area contributed by atoms with Crippen LogP contribution < -0.4 is 0 Å². The summed E-state index contributed by atoms with van der Waals surface area (Å²) in [5.41, 5.74) is 0.409. The first-order chi connectivity index (χ1) is 11.4. The summed E-state index contributed by atoms with van der Waals surface area (Å²) in [6.07, 6.45) is -2.96. The average Bonchev–Trinajstić information content (AvgIpc) is 2.90. The second kappa shape index (κ2) is 6.20. The van der Waals surface area contributed by atoms with Gasteiger partial charge in [-0.25, -0.2) is 4.98 Å². The van der Waals surface area contributed by atoms with Crippen LogP contribution in [0.3, 0.4) is 0 Å². The Kier molecular flexibility index (Phi) is 4.24. The molecule has 0 spiro atoms. The van der Waals surface area contributed by atoms with Crippen molar-refractivity contribution in [3.8, 4) is 17.1 Å². The molecule has 124 valence electrons. The van der Waals surface area contributed by atoms with E-state index >= 15 is 0 Å². The van der Waals surface area contributed by atoms with Crippen LogP contribution >= 0.6 is 11.6 Å². The van der Waals surface area contributed by atoms with Gasteiger partial charge in [0.05, 0.1) is 18.3 Å². The van der Waals surface area contributed by atoms with Crippen LogP contribution in [0.2, 0.25) is 5.15 Å². The number of hydrogen-bond donors (Lipinski definition) is 1. The number of imidazole rings is 1. The molecule has 1 aromatic heterocycles. The van der Waals surface area contributed by atoms with E-state index in [-0.39, 0.29) is 12.3 Å². The van der Waals surface area contributed by atoms with Gasteiger partial charge in [0.2, 0.25) is 0 Å². The van der Waals surface area contributed by atoms with Gasteiger partial charge in [0.1, 0.15) is 16.7 Å². The second-order valence-electron chi connectivity index (χ2n) is 5.19. The van der Waals surface area contributed by atoms with Crippen LogP contribution in [0, 0.1) is 0 Å². The zero-order chi connectivity index (χ0) is 17.3. The Labute approximate surface area is 141 Å². The lowest BCUT2D eigenvalue weighted by Crippen LogP contribution is -2.05. The van der Waals surface area contributed by atoms with Crippen molar-refractivity contribution in [3.05, 3.63) is 71.0 Å². The van der Waals surface area contributed by atoms with Gasteiger partial charge < -0.3 is 9.67 Å². The molecule has 7 heteroatoms. The number of nitrogens with zero attached hydrogens (tertiary/aromatic N) is 2. The van der Waals surface area contributed by atoms with Gasteiger partial charge in [-0.3, -0.25) is 0 Å². The molecule has 0 aliphatic heterocycles. The zero-order valence-corrected chi connectivity index (χ0v) is 13.0. The summed E-state index contributed by atoms with van der Waals surface area (Å²) in [5.74, 6) is 0.539. The SMILES string of the molecule is Oc1ccccc1Cn1c(Cl)cnc1-c1ccc(C(F)(F)F)cc1. The van der Waals surface area contributed by atoms with Crippen molar-refractivity contribution in [2.75, 3.05) is 0 Å². The van der Waals surface area contributed by atoms with Crippen LogP contribution in [0.4, 0.5) is 13.2 Å². The quantitative estimate of drug-likeness (QED) is 0.722. The minimum absolute atomic E-state index is 0.112. The molecular formula is C17H12ClF3N2O. The molecule has 24 heavy (non-hydrogen) atoms. The van der Waals surface area contributed by atoms with E-state index in [1.807, 2.05) is 0 Å². The summed E-state index contributed by atoms with van der Waals surface area (Å²) in [7, 11) is 0. The molecule has 3 rings (SSSR count). The fraction of sp³-hybridized carbons (Fsp3) is 0.118. The minimum Gasteiger partial charge on any atom is -0.508 e. The van der Waals surface area contributed by atoms with E-state index in [9.17, 15) is 18.3 Å². The summed E-state index contributed by atoms with van der Waals surface area (Å²) in [6, 6.07) is 11.5. The average molecular weight is 353 g/mol. The fourth-order valence-corrected chi connectivity index (χ4v) is 2.55. The Hall–Kier alpha value is -2.47. The van der Waals surface area contributed by atoms with Gasteiger partial charge in [0, 0.05) is 11.1 Å². The van der Waals surface area contributed by atoms with E-state index in [2.05, 4.69) is 4.98 Å². The maximum Gasteiger partial charge on any atom is 0.416 e. The molecule has 1 heterocycles. The molecule has 1 N–H and O–H groups in total. The highest BCUT2D eigenvalue weighted by Gasteiger charge is 2.30. The van der Waals surface area contributed by atoms with E-state index in [4.69, 9.17) is 11.6 Å². The molecule has 0 aliphatic carbocycles. The van der Waals surface area contributed by atoms with Crippen LogP contribution in [0.25, 0.3) is 11.4 Å². The standard InChI is InChI=1S/C17H12ClF3N2O/c18-15-9-22-16(11-5-7-13(8-6-11)17(19,20)21)23(15)10-12-3-1-2-4-14(12)24/h1-9,24H,10H2. The lowest BCUT2D eigenvalue weighted by Gasteiger charge is -2.12. The summed E-state index contributed by atoms with van der Waals surface area (Å²) in [4.78, 5) is 4.17. The third-order valence-electron chi connectivity index (χ3n) is 3.60. The number of para-hydroxylation sites is 1. The molecule has 3 aromatic rings. The first-order valence-electron chi connectivity index (χ1n) is 7.02. The normalized spacial score (nSPS) is 11.7. The number of benzene rings is 2. The number of aromatic nitrogens is 2. The highest BCUT2D eigenvalue weighted by molar-refractivity contribution is 6.29. The number of phenols is 1. The third-order valence-corrected chi connectivity index (χ3v) is 3.90. The molecule has 0 saturated carbocycles. The maximum absolute atomic E-state index is 12.7. The monoisotopic (exact) mass is 352 g/mol.